The number of hydrogen-bond acceptors (Lipinski definition) is 5. The van der Waals surface area contributed by atoms with Crippen LogP contribution >= 0.6 is 11.8 Å². The smallest absolute Gasteiger partial charge is 0.315 e. The minimum Gasteiger partial charge on any atom is -0.465 e. The molecule has 4 nitrogen and oxygen atoms in total. The summed E-state index contributed by atoms with van der Waals surface area (Å²) in [7, 11) is 0. The first-order chi connectivity index (χ1) is 10.8. The third-order valence-corrected chi connectivity index (χ3v) is 4.17. The summed E-state index contributed by atoms with van der Waals surface area (Å²) in [5, 5.41) is 3.61. The van der Waals surface area contributed by atoms with Gasteiger partial charge in [0.05, 0.1) is 19.0 Å². The van der Waals surface area contributed by atoms with Crippen LogP contribution in [0.2, 0.25) is 0 Å². The minimum atomic E-state index is -0.161. The Morgan fingerprint density at radius 2 is 2.05 bits per heavy atom. The van der Waals surface area contributed by atoms with Crippen molar-refractivity contribution in [1.29, 1.82) is 0 Å². The lowest BCUT2D eigenvalue weighted by molar-refractivity contribution is -0.139. The van der Waals surface area contributed by atoms with Crippen molar-refractivity contribution in [3.63, 3.8) is 0 Å². The normalized spacial score (nSPS) is 11.9. The van der Waals surface area contributed by atoms with Gasteiger partial charge in [-0.3, -0.25) is 4.79 Å². The molecule has 0 aliphatic rings. The van der Waals surface area contributed by atoms with Crippen molar-refractivity contribution in [3.8, 4) is 0 Å². The fourth-order valence-corrected chi connectivity index (χ4v) is 2.65. The molecule has 0 amide bonds. The molecule has 0 aliphatic heterocycles. The number of thioether (sulfide) groups is 1. The maximum absolute atomic E-state index is 11.5. The molecule has 1 aromatic carbocycles. The van der Waals surface area contributed by atoms with Gasteiger partial charge in [-0.25, -0.2) is 0 Å². The van der Waals surface area contributed by atoms with Gasteiger partial charge in [-0.15, -0.1) is 11.8 Å². The molecule has 1 rings (SSSR count). The highest BCUT2D eigenvalue weighted by atomic mass is 32.2. The van der Waals surface area contributed by atoms with Crippen LogP contribution in [0.1, 0.15) is 26.7 Å². The van der Waals surface area contributed by atoms with Crippen LogP contribution < -0.4 is 5.32 Å². The lowest BCUT2D eigenvalue weighted by Gasteiger charge is -2.18. The highest BCUT2D eigenvalue weighted by Gasteiger charge is 2.13. The molecule has 0 bridgehead atoms. The summed E-state index contributed by atoms with van der Waals surface area (Å²) in [5.41, 5.74) is 1.08. The number of anilines is 1. The molecule has 0 saturated heterocycles. The van der Waals surface area contributed by atoms with Gasteiger partial charge in [-0.05, 0) is 25.5 Å². The number of benzene rings is 1. The summed E-state index contributed by atoms with van der Waals surface area (Å²) in [6.45, 7) is 6.58. The molecule has 0 saturated carbocycles. The lowest BCUT2D eigenvalue weighted by Crippen LogP contribution is -2.24. The van der Waals surface area contributed by atoms with Crippen molar-refractivity contribution < 1.29 is 14.3 Å². The van der Waals surface area contributed by atoms with Crippen LogP contribution in [0.3, 0.4) is 0 Å². The van der Waals surface area contributed by atoms with Crippen LogP contribution in [0.15, 0.2) is 30.3 Å². The Morgan fingerprint density at radius 1 is 1.27 bits per heavy atom. The molecule has 1 unspecified atom stereocenters. The average molecular weight is 325 g/mol. The van der Waals surface area contributed by atoms with E-state index in [9.17, 15) is 4.79 Å². The summed E-state index contributed by atoms with van der Waals surface area (Å²) in [4.78, 5) is 11.5. The van der Waals surface area contributed by atoms with E-state index in [-0.39, 0.29) is 11.2 Å². The third kappa shape index (κ3) is 8.95. The van der Waals surface area contributed by atoms with Crippen LogP contribution in [0, 0.1) is 0 Å². The number of carbonyl (C=O) groups excluding carboxylic acids is 1. The van der Waals surface area contributed by atoms with Crippen molar-refractivity contribution in [2.24, 2.45) is 0 Å². The molecular formula is C17H27NO3S. The van der Waals surface area contributed by atoms with Gasteiger partial charge in [0.25, 0.3) is 0 Å². The monoisotopic (exact) mass is 325 g/mol. The second-order valence-corrected chi connectivity index (χ2v) is 6.20. The molecule has 1 N–H and O–H groups in total. The highest BCUT2D eigenvalue weighted by Crippen LogP contribution is 2.14. The third-order valence-electron chi connectivity index (χ3n) is 3.00. The van der Waals surface area contributed by atoms with Crippen molar-refractivity contribution in [3.05, 3.63) is 30.3 Å². The van der Waals surface area contributed by atoms with E-state index in [1.807, 2.05) is 37.3 Å². The van der Waals surface area contributed by atoms with Crippen LogP contribution in [-0.2, 0) is 14.3 Å². The van der Waals surface area contributed by atoms with E-state index >= 15 is 0 Å². The van der Waals surface area contributed by atoms with Crippen molar-refractivity contribution >= 4 is 23.4 Å². The van der Waals surface area contributed by atoms with Gasteiger partial charge in [0.15, 0.2) is 0 Å². The molecule has 0 aliphatic carbocycles. The first-order valence-electron chi connectivity index (χ1n) is 7.90. The summed E-state index contributed by atoms with van der Waals surface area (Å²) in [6, 6.07) is 10.1. The number of esters is 1. The van der Waals surface area contributed by atoms with Crippen LogP contribution in [0.25, 0.3) is 0 Å². The van der Waals surface area contributed by atoms with Gasteiger partial charge in [0, 0.05) is 24.1 Å². The minimum absolute atomic E-state index is 0.161. The molecule has 0 aromatic heterocycles. The molecule has 5 heteroatoms. The molecular weight excluding hydrogens is 298 g/mol. The second-order valence-electron chi connectivity index (χ2n) is 4.91. The van der Waals surface area contributed by atoms with Crippen LogP contribution in [-0.4, -0.2) is 43.3 Å². The molecule has 124 valence electrons. The number of nitrogens with one attached hydrogen (secondary N) is 1. The number of rotatable bonds is 12. The van der Waals surface area contributed by atoms with Gasteiger partial charge >= 0.3 is 5.97 Å². The summed E-state index contributed by atoms with van der Waals surface area (Å²) in [6.07, 6.45) is 2.20. The fraction of sp³-hybridized carbons (Fsp3) is 0.588. The van der Waals surface area contributed by atoms with E-state index in [2.05, 4.69) is 12.2 Å². The van der Waals surface area contributed by atoms with E-state index in [4.69, 9.17) is 9.47 Å². The summed E-state index contributed by atoms with van der Waals surface area (Å²) >= 11 is 1.58. The first-order valence-corrected chi connectivity index (χ1v) is 8.95. The largest absolute Gasteiger partial charge is 0.465 e. The number of para-hydroxylation sites is 1. The average Bonchev–Trinajstić information content (AvgIpc) is 2.54. The summed E-state index contributed by atoms with van der Waals surface area (Å²) in [5.74, 6) is 0.206. The van der Waals surface area contributed by atoms with E-state index < -0.39 is 0 Å². The second kappa shape index (κ2) is 12.4. The Kier molecular flexibility index (Phi) is 10.6. The quantitative estimate of drug-likeness (QED) is 0.470. The Bertz CT molecular complexity index is 400. The standard InChI is InChI=1S/C17H27NO3S/c1-3-5-11-20-13-16(22-14-17(19)21-4-2)12-18-15-9-7-6-8-10-15/h6-10,16,18H,3-5,11-14H2,1-2H3. The van der Waals surface area contributed by atoms with Crippen molar-refractivity contribution in [2.75, 3.05) is 37.4 Å². The van der Waals surface area contributed by atoms with E-state index in [0.717, 1.165) is 31.7 Å². The van der Waals surface area contributed by atoms with Crippen LogP contribution in [0.5, 0.6) is 0 Å². The Balaban J connectivity index is 2.37. The zero-order chi connectivity index (χ0) is 16.0. The highest BCUT2D eigenvalue weighted by molar-refractivity contribution is 8.00. The molecule has 1 aromatic rings. The van der Waals surface area contributed by atoms with Gasteiger partial charge in [0.1, 0.15) is 0 Å². The Morgan fingerprint density at radius 3 is 2.73 bits per heavy atom. The molecule has 22 heavy (non-hydrogen) atoms. The van der Waals surface area contributed by atoms with Crippen molar-refractivity contribution in [1.82, 2.24) is 0 Å². The van der Waals surface area contributed by atoms with Gasteiger partial charge in [-0.1, -0.05) is 31.5 Å². The number of hydrogen-bond donors (Lipinski definition) is 1. The fourth-order valence-electron chi connectivity index (χ4n) is 1.80. The lowest BCUT2D eigenvalue weighted by atomic mass is 10.3. The number of ether oxygens (including phenoxy) is 2. The maximum atomic E-state index is 11.5. The van der Waals surface area contributed by atoms with Crippen LogP contribution in [0.4, 0.5) is 5.69 Å². The van der Waals surface area contributed by atoms with Gasteiger partial charge in [-0.2, -0.15) is 0 Å². The predicted octanol–water partition coefficient (Wildman–Crippen LogP) is 3.58. The molecule has 0 radical (unpaired) electrons. The number of carbonyl (C=O) groups is 1. The van der Waals surface area contributed by atoms with E-state index in [0.29, 0.717) is 19.0 Å². The summed E-state index contributed by atoms with van der Waals surface area (Å²) < 4.78 is 10.7. The topological polar surface area (TPSA) is 47.6 Å². The molecule has 0 spiro atoms. The molecule has 0 heterocycles. The van der Waals surface area contributed by atoms with Gasteiger partial charge in [0.2, 0.25) is 0 Å². The number of unbranched alkanes of at least 4 members (excludes halogenated alkanes) is 1. The van der Waals surface area contributed by atoms with E-state index in [1.165, 1.54) is 0 Å². The zero-order valence-electron chi connectivity index (χ0n) is 13.5. The van der Waals surface area contributed by atoms with Crippen molar-refractivity contribution in [2.45, 2.75) is 31.9 Å². The van der Waals surface area contributed by atoms with Gasteiger partial charge < -0.3 is 14.8 Å². The molecule has 1 atom stereocenters. The molecule has 0 fully saturated rings. The van der Waals surface area contributed by atoms with E-state index in [1.54, 1.807) is 11.8 Å². The zero-order valence-corrected chi connectivity index (χ0v) is 14.4. The Hall–Kier alpha value is -1.20. The Labute approximate surface area is 138 Å². The first kappa shape index (κ1) is 18.8. The maximum Gasteiger partial charge on any atom is 0.315 e. The predicted molar refractivity (Wildman–Crippen MR) is 93.5 cm³/mol. The SMILES string of the molecule is CCCCOCC(CNc1ccccc1)SCC(=O)OCC.